The molecule has 0 spiro atoms. The van der Waals surface area contributed by atoms with E-state index in [2.05, 4.69) is 75.4 Å². The molecule has 0 aromatic heterocycles. The molecular weight excluding hydrogens is 508 g/mol. The summed E-state index contributed by atoms with van der Waals surface area (Å²) in [6.45, 7) is 27.6. The largest absolute Gasteiger partial charge is 0.417 e. The number of allylic oxidation sites excluding steroid dienone is 1. The van der Waals surface area contributed by atoms with Gasteiger partial charge in [0.05, 0.1) is 0 Å². The zero-order valence-corrected chi connectivity index (χ0v) is 29.1. The highest BCUT2D eigenvalue weighted by Gasteiger charge is 2.66. The molecule has 3 fully saturated rings. The summed E-state index contributed by atoms with van der Waals surface area (Å²) < 4.78 is 6.67. The van der Waals surface area contributed by atoms with Gasteiger partial charge in [-0.3, -0.25) is 4.79 Å². The molecule has 1 N–H and O–H groups in total. The molecule has 0 aliphatic heterocycles. The molecule has 230 valence electrons. The Morgan fingerprint density at radius 1 is 1.00 bits per heavy atom. The maximum atomic E-state index is 12.8. The average molecular weight is 573 g/mol. The van der Waals surface area contributed by atoms with Crippen LogP contribution in [0.3, 0.4) is 0 Å². The van der Waals surface area contributed by atoms with Crippen LogP contribution in [0, 0.1) is 58.2 Å². The zero-order chi connectivity index (χ0) is 29.8. The van der Waals surface area contributed by atoms with Crippen LogP contribution in [-0.4, -0.2) is 31.9 Å². The first-order valence-electron chi connectivity index (χ1n) is 17.2. The Bertz CT molecular complexity index is 948. The number of carbonyl (C=O) groups is 1. The van der Waals surface area contributed by atoms with Crippen molar-refractivity contribution in [2.75, 3.05) is 6.61 Å². The van der Waals surface area contributed by atoms with E-state index in [1.807, 2.05) is 6.08 Å². The number of rotatable bonds is 9. The van der Waals surface area contributed by atoms with E-state index >= 15 is 0 Å². The molecule has 0 aromatic carbocycles. The highest BCUT2D eigenvalue weighted by Crippen LogP contribution is 2.73. The van der Waals surface area contributed by atoms with E-state index in [1.165, 1.54) is 50.5 Å². The van der Waals surface area contributed by atoms with E-state index in [0.717, 1.165) is 36.7 Å². The van der Waals surface area contributed by atoms with Crippen LogP contribution in [-0.2, 0) is 9.22 Å². The molecule has 0 saturated heterocycles. The maximum absolute atomic E-state index is 12.8. The summed E-state index contributed by atoms with van der Waals surface area (Å²) in [5.41, 5.74) is 1.74. The quantitative estimate of drug-likeness (QED) is 0.221. The van der Waals surface area contributed by atoms with Gasteiger partial charge in [0.1, 0.15) is 6.10 Å². The molecule has 4 aliphatic rings. The lowest BCUT2D eigenvalue weighted by Gasteiger charge is -2.63. The third-order valence-corrected chi connectivity index (χ3v) is 18.5. The molecule has 11 atom stereocenters. The topological polar surface area (TPSA) is 46.5 Å². The summed E-state index contributed by atoms with van der Waals surface area (Å²) in [6.07, 6.45) is 11.7. The molecule has 3 nitrogen and oxygen atoms in total. The highest BCUT2D eigenvalue weighted by atomic mass is 28.4. The smallest absolute Gasteiger partial charge is 0.191 e. The van der Waals surface area contributed by atoms with Gasteiger partial charge in [0.2, 0.25) is 0 Å². The van der Waals surface area contributed by atoms with Gasteiger partial charge in [-0.05, 0) is 121 Å². The number of ketones is 1. The van der Waals surface area contributed by atoms with Crippen LogP contribution in [0.4, 0.5) is 0 Å². The molecule has 0 bridgehead atoms. The van der Waals surface area contributed by atoms with Crippen LogP contribution in [0.2, 0.25) is 18.1 Å². The van der Waals surface area contributed by atoms with Crippen molar-refractivity contribution in [3.63, 3.8) is 0 Å². The van der Waals surface area contributed by atoms with Crippen molar-refractivity contribution < 1.29 is 14.3 Å². The first-order valence-corrected chi connectivity index (χ1v) is 20.1. The van der Waals surface area contributed by atoms with Crippen LogP contribution >= 0.6 is 0 Å². The Morgan fingerprint density at radius 2 is 1.62 bits per heavy atom. The molecule has 4 aliphatic carbocycles. The maximum Gasteiger partial charge on any atom is 0.191 e. The van der Waals surface area contributed by atoms with Crippen LogP contribution < -0.4 is 0 Å². The zero-order valence-electron chi connectivity index (χ0n) is 28.1. The normalized spacial score (nSPS) is 43.6. The van der Waals surface area contributed by atoms with Gasteiger partial charge in [0.25, 0.3) is 0 Å². The van der Waals surface area contributed by atoms with Crippen molar-refractivity contribution in [2.24, 2.45) is 58.2 Å². The van der Waals surface area contributed by atoms with E-state index in [1.54, 1.807) is 0 Å². The fraction of sp³-hybridized carbons (Fsp3) is 0.917. The summed E-state index contributed by atoms with van der Waals surface area (Å²) in [5, 5.41) is 11.1. The number of carbonyl (C=O) groups excluding carboxylic acids is 1. The second kappa shape index (κ2) is 11.6. The molecule has 6 unspecified atom stereocenters. The van der Waals surface area contributed by atoms with Gasteiger partial charge in [-0.25, -0.2) is 0 Å². The van der Waals surface area contributed by atoms with E-state index < -0.39 is 14.4 Å². The minimum absolute atomic E-state index is 0.0409. The molecule has 0 amide bonds. The minimum Gasteiger partial charge on any atom is -0.417 e. The predicted octanol–water partition coefficient (Wildman–Crippen LogP) is 9.45. The second-order valence-electron chi connectivity index (χ2n) is 16.5. The summed E-state index contributed by atoms with van der Waals surface area (Å²) in [6, 6.07) is 0. The van der Waals surface area contributed by atoms with Crippen LogP contribution in [0.15, 0.2) is 11.6 Å². The van der Waals surface area contributed by atoms with Crippen molar-refractivity contribution in [2.45, 2.75) is 144 Å². The van der Waals surface area contributed by atoms with Gasteiger partial charge < -0.3 is 9.53 Å². The molecule has 40 heavy (non-hydrogen) atoms. The standard InChI is InChI=1S/C36H64O3Si/c1-12-23-25(14-3)32-28(36(9)22-31(38)30(37)21-29(23)36)18-19-35(8)27(24(13-2)26(15-4)33(32)35)17-16-20-39-40(10,11)34(5,6)7/h21,23-28,31-33,38H,12-20,22H2,1-11H3/t23?,24?,25?,26?,27?,28-,31?,32-,33+,35-,36-/m1/s1. The Labute approximate surface area is 248 Å². The number of aliphatic hydroxyl groups excluding tert-OH is 1. The first kappa shape index (κ1) is 32.5. The lowest BCUT2D eigenvalue weighted by atomic mass is 9.41. The number of hydrogen-bond donors (Lipinski definition) is 1. The monoisotopic (exact) mass is 572 g/mol. The van der Waals surface area contributed by atoms with E-state index in [-0.39, 0.29) is 16.2 Å². The molecule has 0 aromatic rings. The van der Waals surface area contributed by atoms with Crippen LogP contribution in [0.5, 0.6) is 0 Å². The summed E-state index contributed by atoms with van der Waals surface area (Å²) >= 11 is 0. The summed E-state index contributed by atoms with van der Waals surface area (Å²) in [4.78, 5) is 12.8. The Morgan fingerprint density at radius 3 is 2.17 bits per heavy atom. The number of fused-ring (bicyclic) bond motifs is 5. The number of hydrogen-bond acceptors (Lipinski definition) is 3. The lowest BCUT2D eigenvalue weighted by molar-refractivity contribution is -0.136. The average Bonchev–Trinajstić information content (AvgIpc) is 3.13. The van der Waals surface area contributed by atoms with E-state index in [4.69, 9.17) is 4.43 Å². The molecule has 0 radical (unpaired) electrons. The van der Waals surface area contributed by atoms with Gasteiger partial charge >= 0.3 is 0 Å². The minimum atomic E-state index is -1.72. The van der Waals surface area contributed by atoms with Crippen molar-refractivity contribution in [1.29, 1.82) is 0 Å². The highest BCUT2D eigenvalue weighted by molar-refractivity contribution is 6.74. The number of aliphatic hydroxyl groups is 1. The molecule has 3 saturated carbocycles. The third-order valence-electron chi connectivity index (χ3n) is 13.9. The SMILES string of the molecule is CCC1C2=CC(=O)C(O)C[C@]2(C)[C@@H]2CC[C@]3(C)C(CCCO[Si](C)(C)C(C)(C)C)C(CC)C(CC)[C@H]3[C@@H]2C1CC. The van der Waals surface area contributed by atoms with Gasteiger partial charge in [0.15, 0.2) is 14.1 Å². The Balaban J connectivity index is 1.68. The van der Waals surface area contributed by atoms with Crippen molar-refractivity contribution >= 4 is 14.1 Å². The first-order chi connectivity index (χ1) is 18.6. The predicted molar refractivity (Wildman–Crippen MR) is 171 cm³/mol. The molecule has 4 rings (SSSR count). The van der Waals surface area contributed by atoms with E-state index in [0.29, 0.717) is 35.5 Å². The molecule has 0 heterocycles. The molecule has 4 heteroatoms. The Hall–Kier alpha value is -0.453. The Kier molecular flexibility index (Phi) is 9.39. The molecular formula is C36H64O3Si. The van der Waals surface area contributed by atoms with Crippen molar-refractivity contribution in [1.82, 2.24) is 0 Å². The lowest BCUT2D eigenvalue weighted by Crippen LogP contribution is -2.58. The van der Waals surface area contributed by atoms with Gasteiger partial charge in [0, 0.05) is 6.61 Å². The second-order valence-corrected chi connectivity index (χ2v) is 21.3. The van der Waals surface area contributed by atoms with E-state index in [9.17, 15) is 9.90 Å². The third kappa shape index (κ3) is 5.06. The fourth-order valence-electron chi connectivity index (χ4n) is 11.1. The summed E-state index contributed by atoms with van der Waals surface area (Å²) in [5.74, 6) is 5.47. The van der Waals surface area contributed by atoms with Crippen molar-refractivity contribution in [3.8, 4) is 0 Å². The van der Waals surface area contributed by atoms with Crippen molar-refractivity contribution in [3.05, 3.63) is 11.6 Å². The van der Waals surface area contributed by atoms with Gasteiger partial charge in [-0.1, -0.05) is 87.1 Å². The van der Waals surface area contributed by atoms with Gasteiger partial charge in [-0.2, -0.15) is 0 Å². The van der Waals surface area contributed by atoms with Crippen LogP contribution in [0.1, 0.15) is 120 Å². The summed E-state index contributed by atoms with van der Waals surface area (Å²) in [7, 11) is -1.72. The fourth-order valence-corrected chi connectivity index (χ4v) is 12.2. The van der Waals surface area contributed by atoms with Crippen LogP contribution in [0.25, 0.3) is 0 Å². The van der Waals surface area contributed by atoms with Gasteiger partial charge in [-0.15, -0.1) is 0 Å².